The van der Waals surface area contributed by atoms with Crippen molar-refractivity contribution in [1.29, 1.82) is 0 Å². The molecule has 9 nitrogen and oxygen atoms in total. The zero-order valence-corrected chi connectivity index (χ0v) is 19.1. The SMILES string of the molecule is CNC(=O)c1cc(COc2cnc(Nc3ccc(N4CCNCC4)cc3)nc2)c(F)c(OC)c1. The fourth-order valence-corrected chi connectivity index (χ4v) is 3.61. The number of rotatable bonds is 8. The molecule has 0 atom stereocenters. The van der Waals surface area contributed by atoms with Gasteiger partial charge in [0.05, 0.1) is 19.5 Å². The van der Waals surface area contributed by atoms with Crippen LogP contribution in [0.3, 0.4) is 0 Å². The maximum absolute atomic E-state index is 14.6. The molecule has 0 radical (unpaired) electrons. The van der Waals surface area contributed by atoms with Crippen molar-refractivity contribution in [2.45, 2.75) is 6.61 Å². The monoisotopic (exact) mass is 466 g/mol. The van der Waals surface area contributed by atoms with Crippen molar-refractivity contribution in [2.75, 3.05) is 50.6 Å². The van der Waals surface area contributed by atoms with Crippen LogP contribution in [0, 0.1) is 5.82 Å². The molecular weight excluding hydrogens is 439 g/mol. The Morgan fingerprint density at radius 3 is 2.50 bits per heavy atom. The minimum absolute atomic E-state index is 0.0292. The van der Waals surface area contributed by atoms with Crippen molar-refractivity contribution in [3.63, 3.8) is 0 Å². The number of carbonyl (C=O) groups is 1. The molecule has 1 aliphatic heterocycles. The quantitative estimate of drug-likeness (QED) is 0.466. The summed E-state index contributed by atoms with van der Waals surface area (Å²) in [4.78, 5) is 22.8. The van der Waals surface area contributed by atoms with E-state index in [4.69, 9.17) is 9.47 Å². The van der Waals surface area contributed by atoms with Gasteiger partial charge in [-0.25, -0.2) is 14.4 Å². The first-order valence-electron chi connectivity index (χ1n) is 10.9. The summed E-state index contributed by atoms with van der Waals surface area (Å²) < 4.78 is 25.3. The molecule has 1 aromatic heterocycles. The molecule has 34 heavy (non-hydrogen) atoms. The topological polar surface area (TPSA) is 101 Å². The number of carbonyl (C=O) groups excluding carboxylic acids is 1. The number of amides is 1. The Balaban J connectivity index is 1.37. The predicted octanol–water partition coefficient (Wildman–Crippen LogP) is 2.72. The third kappa shape index (κ3) is 5.52. The van der Waals surface area contributed by atoms with E-state index in [1.807, 2.05) is 12.1 Å². The molecule has 3 aromatic rings. The van der Waals surface area contributed by atoms with Crippen LogP contribution in [0.15, 0.2) is 48.8 Å². The number of ether oxygens (including phenoxy) is 2. The van der Waals surface area contributed by atoms with Gasteiger partial charge in [0.1, 0.15) is 6.61 Å². The summed E-state index contributed by atoms with van der Waals surface area (Å²) in [6.45, 7) is 3.84. The molecule has 0 unspecified atom stereocenters. The van der Waals surface area contributed by atoms with E-state index in [-0.39, 0.29) is 29.4 Å². The van der Waals surface area contributed by atoms with Gasteiger partial charge in [-0.05, 0) is 36.4 Å². The van der Waals surface area contributed by atoms with Crippen molar-refractivity contribution < 1.29 is 18.7 Å². The zero-order valence-electron chi connectivity index (χ0n) is 19.1. The maximum atomic E-state index is 14.6. The van der Waals surface area contributed by atoms with E-state index in [0.29, 0.717) is 11.7 Å². The van der Waals surface area contributed by atoms with E-state index < -0.39 is 5.82 Å². The van der Waals surface area contributed by atoms with Crippen LogP contribution in [0.4, 0.5) is 21.7 Å². The highest BCUT2D eigenvalue weighted by atomic mass is 19.1. The van der Waals surface area contributed by atoms with Gasteiger partial charge in [0.25, 0.3) is 5.91 Å². The van der Waals surface area contributed by atoms with Gasteiger partial charge in [0.15, 0.2) is 17.3 Å². The van der Waals surface area contributed by atoms with Gasteiger partial charge in [-0.15, -0.1) is 0 Å². The van der Waals surface area contributed by atoms with Crippen molar-refractivity contribution in [1.82, 2.24) is 20.6 Å². The number of hydrogen-bond acceptors (Lipinski definition) is 8. The number of aromatic nitrogens is 2. The molecule has 1 fully saturated rings. The lowest BCUT2D eigenvalue weighted by Crippen LogP contribution is -2.43. The molecule has 1 aliphatic rings. The number of halogens is 1. The second kappa shape index (κ2) is 10.8. The molecule has 4 rings (SSSR count). The van der Waals surface area contributed by atoms with E-state index in [2.05, 4.69) is 43.0 Å². The van der Waals surface area contributed by atoms with Crippen LogP contribution in [0.2, 0.25) is 0 Å². The highest BCUT2D eigenvalue weighted by molar-refractivity contribution is 5.94. The summed E-state index contributed by atoms with van der Waals surface area (Å²) in [6, 6.07) is 10.9. The van der Waals surface area contributed by atoms with E-state index >= 15 is 0 Å². The van der Waals surface area contributed by atoms with Gasteiger partial charge in [-0.3, -0.25) is 4.79 Å². The summed E-state index contributed by atoms with van der Waals surface area (Å²) >= 11 is 0. The Morgan fingerprint density at radius 1 is 1.15 bits per heavy atom. The van der Waals surface area contributed by atoms with Crippen LogP contribution in [0.1, 0.15) is 15.9 Å². The molecule has 178 valence electrons. The molecule has 2 aromatic carbocycles. The van der Waals surface area contributed by atoms with Gasteiger partial charge in [0.2, 0.25) is 5.95 Å². The first-order valence-corrected chi connectivity index (χ1v) is 10.9. The van der Waals surface area contributed by atoms with Gasteiger partial charge in [-0.1, -0.05) is 0 Å². The van der Waals surface area contributed by atoms with Gasteiger partial charge in [-0.2, -0.15) is 0 Å². The molecule has 0 bridgehead atoms. The normalized spacial score (nSPS) is 13.3. The number of nitrogens with one attached hydrogen (secondary N) is 3. The summed E-state index contributed by atoms with van der Waals surface area (Å²) in [5.41, 5.74) is 2.51. The second-order valence-electron chi connectivity index (χ2n) is 7.67. The highest BCUT2D eigenvalue weighted by Crippen LogP contribution is 2.25. The third-order valence-corrected chi connectivity index (χ3v) is 5.45. The third-order valence-electron chi connectivity index (χ3n) is 5.45. The highest BCUT2D eigenvalue weighted by Gasteiger charge is 2.16. The smallest absolute Gasteiger partial charge is 0.251 e. The van der Waals surface area contributed by atoms with Gasteiger partial charge < -0.3 is 30.3 Å². The Kier molecular flexibility index (Phi) is 7.38. The summed E-state index contributed by atoms with van der Waals surface area (Å²) in [5, 5.41) is 9.01. The lowest BCUT2D eigenvalue weighted by molar-refractivity contribution is 0.0962. The number of piperazine rings is 1. The Morgan fingerprint density at radius 2 is 1.85 bits per heavy atom. The average molecular weight is 467 g/mol. The molecule has 0 spiro atoms. The Labute approximate surface area is 197 Å². The minimum atomic E-state index is -0.585. The summed E-state index contributed by atoms with van der Waals surface area (Å²) in [5.74, 6) is -0.184. The maximum Gasteiger partial charge on any atom is 0.251 e. The van der Waals surface area contributed by atoms with Crippen LogP contribution < -0.4 is 30.3 Å². The number of anilines is 3. The van der Waals surface area contributed by atoms with E-state index in [9.17, 15) is 9.18 Å². The molecule has 1 saturated heterocycles. The first kappa shape index (κ1) is 23.2. The summed E-state index contributed by atoms with van der Waals surface area (Å²) in [7, 11) is 2.84. The summed E-state index contributed by atoms with van der Waals surface area (Å²) in [6.07, 6.45) is 3.00. The van der Waals surface area contributed by atoms with E-state index in [1.165, 1.54) is 44.4 Å². The average Bonchev–Trinajstić information content (AvgIpc) is 2.89. The molecule has 1 amide bonds. The van der Waals surface area contributed by atoms with Crippen LogP contribution in [-0.4, -0.2) is 56.2 Å². The van der Waals surface area contributed by atoms with E-state index in [0.717, 1.165) is 31.9 Å². The predicted molar refractivity (Wildman–Crippen MR) is 128 cm³/mol. The first-order chi connectivity index (χ1) is 16.6. The Bertz CT molecular complexity index is 1120. The minimum Gasteiger partial charge on any atom is -0.494 e. The van der Waals surface area contributed by atoms with Gasteiger partial charge in [0, 0.05) is 55.7 Å². The zero-order chi connectivity index (χ0) is 23.9. The molecule has 10 heteroatoms. The largest absolute Gasteiger partial charge is 0.494 e. The van der Waals surface area contributed by atoms with Crippen molar-refractivity contribution in [2.24, 2.45) is 0 Å². The van der Waals surface area contributed by atoms with Crippen LogP contribution in [-0.2, 0) is 6.61 Å². The van der Waals surface area contributed by atoms with Crippen LogP contribution in [0.5, 0.6) is 11.5 Å². The number of methoxy groups -OCH3 is 1. The Hall–Kier alpha value is -3.92. The van der Waals surface area contributed by atoms with E-state index in [1.54, 1.807) is 0 Å². The lowest BCUT2D eigenvalue weighted by Gasteiger charge is -2.29. The van der Waals surface area contributed by atoms with Crippen molar-refractivity contribution in [3.05, 3.63) is 65.7 Å². The van der Waals surface area contributed by atoms with Gasteiger partial charge >= 0.3 is 0 Å². The molecule has 3 N–H and O–H groups in total. The fraction of sp³-hybridized carbons (Fsp3) is 0.292. The van der Waals surface area contributed by atoms with Crippen LogP contribution >= 0.6 is 0 Å². The molecule has 2 heterocycles. The van der Waals surface area contributed by atoms with Crippen molar-refractivity contribution in [3.8, 4) is 11.5 Å². The molecular formula is C24H27FN6O3. The van der Waals surface area contributed by atoms with Crippen LogP contribution in [0.25, 0.3) is 0 Å². The lowest BCUT2D eigenvalue weighted by atomic mass is 10.1. The number of nitrogens with zero attached hydrogens (tertiary/aromatic N) is 3. The molecule has 0 saturated carbocycles. The van der Waals surface area contributed by atoms with Crippen molar-refractivity contribution >= 4 is 23.2 Å². The standard InChI is InChI=1S/C24H27FN6O3/c1-26-23(32)16-11-17(22(25)21(12-16)33-2)15-34-20-13-28-24(29-14-20)30-18-3-5-19(6-4-18)31-9-7-27-8-10-31/h3-6,11-14,27H,7-10,15H2,1-2H3,(H,26,32)(H,28,29,30). The number of benzene rings is 2. The molecule has 0 aliphatic carbocycles. The fourth-order valence-electron chi connectivity index (χ4n) is 3.61. The number of hydrogen-bond donors (Lipinski definition) is 3. The second-order valence-corrected chi connectivity index (χ2v) is 7.67.